The average Bonchev–Trinajstić information content (AvgIpc) is 2.41. The first-order valence-corrected chi connectivity index (χ1v) is 7.35. The maximum absolute atomic E-state index is 6.00. The molecule has 112 valence electrons. The van der Waals surface area contributed by atoms with Crippen molar-refractivity contribution in [1.29, 1.82) is 0 Å². The molecule has 1 aromatic rings. The second kappa shape index (κ2) is 8.64. The summed E-state index contributed by atoms with van der Waals surface area (Å²) in [5.74, 6) is 1.59. The minimum absolute atomic E-state index is 0.194. The molecular weight excluding hydrogens is 250 g/mol. The van der Waals surface area contributed by atoms with Crippen LogP contribution in [0.2, 0.25) is 0 Å². The van der Waals surface area contributed by atoms with Crippen molar-refractivity contribution in [3.05, 3.63) is 35.9 Å². The van der Waals surface area contributed by atoms with Crippen molar-refractivity contribution in [2.24, 2.45) is 5.73 Å². The Morgan fingerprint density at radius 1 is 1.25 bits per heavy atom. The number of ether oxygens (including phenoxy) is 2. The van der Waals surface area contributed by atoms with E-state index in [0.29, 0.717) is 13.2 Å². The Morgan fingerprint density at radius 2 is 2.00 bits per heavy atom. The van der Waals surface area contributed by atoms with Gasteiger partial charge in [-0.1, -0.05) is 18.6 Å². The summed E-state index contributed by atoms with van der Waals surface area (Å²) in [7, 11) is 0. The Hall–Kier alpha value is -1.48. The van der Waals surface area contributed by atoms with Crippen molar-refractivity contribution in [3.8, 4) is 11.5 Å². The highest BCUT2D eigenvalue weighted by atomic mass is 16.5. The Morgan fingerprint density at radius 3 is 2.60 bits per heavy atom. The second-order valence-electron chi connectivity index (χ2n) is 5.14. The highest BCUT2D eigenvalue weighted by Gasteiger charge is 2.08. The number of rotatable bonds is 9. The molecule has 1 aromatic carbocycles. The molecule has 0 aliphatic carbocycles. The third-order valence-electron chi connectivity index (χ3n) is 3.12. The normalized spacial score (nSPS) is 12.0. The molecule has 20 heavy (non-hydrogen) atoms. The predicted molar refractivity (Wildman–Crippen MR) is 84.5 cm³/mol. The lowest BCUT2D eigenvalue weighted by molar-refractivity contribution is 0.279. The minimum atomic E-state index is 0.194. The van der Waals surface area contributed by atoms with Crippen molar-refractivity contribution < 1.29 is 9.47 Å². The fourth-order valence-corrected chi connectivity index (χ4v) is 1.85. The fourth-order valence-electron chi connectivity index (χ4n) is 1.85. The molecular formula is C17H27NO2. The van der Waals surface area contributed by atoms with E-state index >= 15 is 0 Å². The molecule has 0 fully saturated rings. The number of benzene rings is 1. The predicted octanol–water partition coefficient (Wildman–Crippen LogP) is 3.71. The van der Waals surface area contributed by atoms with Crippen molar-refractivity contribution >= 4 is 0 Å². The van der Waals surface area contributed by atoms with E-state index in [0.717, 1.165) is 36.3 Å². The van der Waals surface area contributed by atoms with Crippen LogP contribution in [0.25, 0.3) is 0 Å². The summed E-state index contributed by atoms with van der Waals surface area (Å²) in [4.78, 5) is 0. The molecule has 0 bridgehead atoms. The van der Waals surface area contributed by atoms with Crippen molar-refractivity contribution in [1.82, 2.24) is 0 Å². The first kappa shape index (κ1) is 16.6. The SMILES string of the molecule is C=C(C)CCOc1ccc(CC(N)CC)cc1OCC. The smallest absolute Gasteiger partial charge is 0.161 e. The zero-order valence-corrected chi connectivity index (χ0v) is 12.9. The number of nitrogens with two attached hydrogens (primary N) is 1. The van der Waals surface area contributed by atoms with Crippen molar-refractivity contribution in [2.75, 3.05) is 13.2 Å². The molecule has 0 saturated carbocycles. The molecule has 0 aromatic heterocycles. The van der Waals surface area contributed by atoms with Crippen LogP contribution >= 0.6 is 0 Å². The van der Waals surface area contributed by atoms with Gasteiger partial charge in [0.25, 0.3) is 0 Å². The molecule has 0 amide bonds. The first-order chi connectivity index (χ1) is 9.56. The average molecular weight is 277 g/mol. The first-order valence-electron chi connectivity index (χ1n) is 7.35. The van der Waals surface area contributed by atoms with E-state index in [9.17, 15) is 0 Å². The topological polar surface area (TPSA) is 44.5 Å². The lowest BCUT2D eigenvalue weighted by atomic mass is 10.0. The van der Waals surface area contributed by atoms with Gasteiger partial charge in [0.2, 0.25) is 0 Å². The van der Waals surface area contributed by atoms with Gasteiger partial charge in [-0.2, -0.15) is 0 Å². The van der Waals surface area contributed by atoms with Gasteiger partial charge in [-0.15, -0.1) is 6.58 Å². The van der Waals surface area contributed by atoms with E-state index < -0.39 is 0 Å². The second-order valence-corrected chi connectivity index (χ2v) is 5.14. The quantitative estimate of drug-likeness (QED) is 0.700. The third-order valence-corrected chi connectivity index (χ3v) is 3.12. The van der Waals surface area contributed by atoms with Crippen LogP contribution in [0.1, 0.15) is 39.2 Å². The van der Waals surface area contributed by atoms with Crippen LogP contribution in [0.4, 0.5) is 0 Å². The van der Waals surface area contributed by atoms with E-state index in [1.54, 1.807) is 0 Å². The van der Waals surface area contributed by atoms with E-state index in [-0.39, 0.29) is 6.04 Å². The molecule has 0 saturated heterocycles. The highest BCUT2D eigenvalue weighted by Crippen LogP contribution is 2.29. The van der Waals surface area contributed by atoms with Gasteiger partial charge in [0.15, 0.2) is 11.5 Å². The standard InChI is InChI=1S/C17H27NO2/c1-5-15(18)11-14-7-8-16(17(12-14)19-6-2)20-10-9-13(3)4/h7-8,12,15H,3,5-6,9-11,18H2,1-2,4H3. The maximum Gasteiger partial charge on any atom is 0.161 e. The van der Waals surface area contributed by atoms with Gasteiger partial charge in [0.1, 0.15) is 0 Å². The van der Waals surface area contributed by atoms with Crippen LogP contribution in [0.3, 0.4) is 0 Å². The molecule has 3 heteroatoms. The summed E-state index contributed by atoms with van der Waals surface area (Å²) in [6, 6.07) is 6.27. The molecule has 0 radical (unpaired) electrons. The Kier molecular flexibility index (Phi) is 7.16. The number of hydrogen-bond acceptors (Lipinski definition) is 3. The molecule has 1 atom stereocenters. The van der Waals surface area contributed by atoms with Gasteiger partial charge in [-0.25, -0.2) is 0 Å². The molecule has 0 heterocycles. The van der Waals surface area contributed by atoms with Gasteiger partial charge in [0.05, 0.1) is 13.2 Å². The van der Waals surface area contributed by atoms with Crippen LogP contribution in [0.15, 0.2) is 30.4 Å². The molecule has 0 aliphatic heterocycles. The van der Waals surface area contributed by atoms with Crippen LogP contribution in [0, 0.1) is 0 Å². The van der Waals surface area contributed by atoms with Gasteiger partial charge >= 0.3 is 0 Å². The summed E-state index contributed by atoms with van der Waals surface area (Å²) in [6.07, 6.45) is 2.69. The third kappa shape index (κ3) is 5.66. The summed E-state index contributed by atoms with van der Waals surface area (Å²) < 4.78 is 11.4. The fraction of sp³-hybridized carbons (Fsp3) is 0.529. The lowest BCUT2D eigenvalue weighted by Gasteiger charge is -2.15. The van der Waals surface area contributed by atoms with E-state index in [1.165, 1.54) is 5.56 Å². The number of hydrogen-bond donors (Lipinski definition) is 1. The monoisotopic (exact) mass is 277 g/mol. The van der Waals surface area contributed by atoms with Gasteiger partial charge < -0.3 is 15.2 Å². The molecule has 0 aliphatic rings. The zero-order chi connectivity index (χ0) is 15.0. The highest BCUT2D eigenvalue weighted by molar-refractivity contribution is 5.43. The van der Waals surface area contributed by atoms with Crippen LogP contribution in [-0.4, -0.2) is 19.3 Å². The summed E-state index contributed by atoms with van der Waals surface area (Å²) in [6.45, 7) is 11.2. The van der Waals surface area contributed by atoms with Gasteiger partial charge in [-0.3, -0.25) is 0 Å². The largest absolute Gasteiger partial charge is 0.490 e. The Labute approximate surface area is 122 Å². The van der Waals surface area contributed by atoms with E-state index in [4.69, 9.17) is 15.2 Å². The van der Waals surface area contributed by atoms with E-state index in [1.807, 2.05) is 26.0 Å². The lowest BCUT2D eigenvalue weighted by Crippen LogP contribution is -2.21. The van der Waals surface area contributed by atoms with Crippen LogP contribution < -0.4 is 15.2 Å². The summed E-state index contributed by atoms with van der Waals surface area (Å²) in [5, 5.41) is 0. The molecule has 3 nitrogen and oxygen atoms in total. The van der Waals surface area contributed by atoms with Gasteiger partial charge in [-0.05, 0) is 44.4 Å². The molecule has 1 rings (SSSR count). The van der Waals surface area contributed by atoms with E-state index in [2.05, 4.69) is 19.6 Å². The molecule has 1 unspecified atom stereocenters. The Bertz CT molecular complexity index is 429. The minimum Gasteiger partial charge on any atom is -0.490 e. The maximum atomic E-state index is 6.00. The van der Waals surface area contributed by atoms with Crippen molar-refractivity contribution in [2.45, 2.75) is 46.1 Å². The molecule has 0 spiro atoms. The summed E-state index contributed by atoms with van der Waals surface area (Å²) >= 11 is 0. The zero-order valence-electron chi connectivity index (χ0n) is 12.9. The van der Waals surface area contributed by atoms with Crippen molar-refractivity contribution in [3.63, 3.8) is 0 Å². The van der Waals surface area contributed by atoms with Crippen LogP contribution in [-0.2, 0) is 6.42 Å². The summed E-state index contributed by atoms with van der Waals surface area (Å²) in [5.41, 5.74) is 8.31. The van der Waals surface area contributed by atoms with Crippen LogP contribution in [0.5, 0.6) is 11.5 Å². The Balaban J connectivity index is 2.75. The van der Waals surface area contributed by atoms with Gasteiger partial charge in [0, 0.05) is 12.5 Å². The molecule has 2 N–H and O–H groups in total.